The summed E-state index contributed by atoms with van der Waals surface area (Å²) in [5, 5.41) is 0. The molecular weight excluding hydrogens is 246 g/mol. The number of esters is 1. The molecule has 0 bridgehead atoms. The third kappa shape index (κ3) is 3.04. The van der Waals surface area contributed by atoms with E-state index in [2.05, 4.69) is 15.0 Å². The van der Waals surface area contributed by atoms with Gasteiger partial charge in [0.05, 0.1) is 25.0 Å². The Bertz CT molecular complexity index is 587. The third-order valence-electron chi connectivity index (χ3n) is 2.40. The normalized spacial score (nSPS) is 10.0. The maximum atomic E-state index is 11.6. The van der Waals surface area contributed by atoms with Crippen molar-refractivity contribution in [2.75, 3.05) is 13.7 Å². The van der Waals surface area contributed by atoms with Gasteiger partial charge in [-0.05, 0) is 13.0 Å². The molecule has 0 atom stereocenters. The second-order valence-corrected chi connectivity index (χ2v) is 3.63. The van der Waals surface area contributed by atoms with Gasteiger partial charge in [0.1, 0.15) is 6.33 Å². The van der Waals surface area contributed by atoms with Gasteiger partial charge in [0.2, 0.25) is 5.88 Å². The number of hydrogen-bond acceptors (Lipinski definition) is 6. The summed E-state index contributed by atoms with van der Waals surface area (Å²) in [6.07, 6.45) is 4.47. The number of ether oxygens (including phenoxy) is 2. The van der Waals surface area contributed by atoms with Crippen LogP contribution < -0.4 is 4.74 Å². The third-order valence-corrected chi connectivity index (χ3v) is 2.40. The van der Waals surface area contributed by atoms with Crippen LogP contribution in [0, 0.1) is 0 Å². The molecule has 0 radical (unpaired) electrons. The number of carbonyl (C=O) groups excluding carboxylic acids is 1. The van der Waals surface area contributed by atoms with Gasteiger partial charge in [-0.25, -0.2) is 14.8 Å². The van der Waals surface area contributed by atoms with E-state index in [-0.39, 0.29) is 0 Å². The lowest BCUT2D eigenvalue weighted by atomic mass is 10.1. The molecule has 2 aromatic rings. The number of nitrogens with zero attached hydrogens (tertiary/aromatic N) is 3. The van der Waals surface area contributed by atoms with Gasteiger partial charge >= 0.3 is 5.97 Å². The molecule has 0 saturated heterocycles. The van der Waals surface area contributed by atoms with Gasteiger partial charge < -0.3 is 9.47 Å². The molecule has 6 heteroatoms. The fourth-order valence-electron chi connectivity index (χ4n) is 1.52. The van der Waals surface area contributed by atoms with Gasteiger partial charge in [-0.1, -0.05) is 0 Å². The largest absolute Gasteiger partial charge is 0.481 e. The first-order valence-electron chi connectivity index (χ1n) is 5.73. The Labute approximate surface area is 110 Å². The van der Waals surface area contributed by atoms with Crippen LogP contribution in [0.1, 0.15) is 17.3 Å². The van der Waals surface area contributed by atoms with Crippen molar-refractivity contribution in [3.8, 4) is 17.1 Å². The summed E-state index contributed by atoms with van der Waals surface area (Å²) < 4.78 is 9.96. The molecule has 0 aliphatic rings. The van der Waals surface area contributed by atoms with Gasteiger partial charge in [0.15, 0.2) is 0 Å². The fraction of sp³-hybridized carbons (Fsp3) is 0.231. The molecule has 0 aliphatic heterocycles. The summed E-state index contributed by atoms with van der Waals surface area (Å²) in [5.41, 5.74) is 1.72. The Morgan fingerprint density at radius 3 is 2.84 bits per heavy atom. The lowest BCUT2D eigenvalue weighted by Gasteiger charge is -2.05. The van der Waals surface area contributed by atoms with E-state index in [9.17, 15) is 4.79 Å². The number of aromatic nitrogens is 3. The zero-order valence-corrected chi connectivity index (χ0v) is 10.7. The van der Waals surface area contributed by atoms with Crippen LogP contribution in [-0.4, -0.2) is 34.6 Å². The van der Waals surface area contributed by atoms with Crippen molar-refractivity contribution < 1.29 is 14.3 Å². The van der Waals surface area contributed by atoms with E-state index in [0.717, 1.165) is 0 Å². The molecule has 0 N–H and O–H groups in total. The molecule has 19 heavy (non-hydrogen) atoms. The molecule has 0 aromatic carbocycles. The van der Waals surface area contributed by atoms with Crippen molar-refractivity contribution in [1.29, 1.82) is 0 Å². The minimum absolute atomic E-state index is 0.324. The molecular formula is C13H13N3O3. The molecule has 0 aliphatic carbocycles. The molecule has 2 rings (SSSR count). The minimum atomic E-state index is -0.405. The number of hydrogen-bond donors (Lipinski definition) is 0. The van der Waals surface area contributed by atoms with Gasteiger partial charge in [0.25, 0.3) is 0 Å². The SMILES string of the molecule is CCOC(=O)c1cncc(-c2cc(OC)ncn2)c1. The van der Waals surface area contributed by atoms with Crippen LogP contribution in [0.3, 0.4) is 0 Å². The molecule has 2 heterocycles. The molecule has 6 nitrogen and oxygen atoms in total. The first-order chi connectivity index (χ1) is 9.24. The van der Waals surface area contributed by atoms with E-state index in [4.69, 9.17) is 9.47 Å². The monoisotopic (exact) mass is 259 g/mol. The minimum Gasteiger partial charge on any atom is -0.481 e. The Kier molecular flexibility index (Phi) is 4.02. The molecule has 0 amide bonds. The van der Waals surface area contributed by atoms with Crippen molar-refractivity contribution >= 4 is 5.97 Å². The maximum Gasteiger partial charge on any atom is 0.339 e. The number of pyridine rings is 1. The highest BCUT2D eigenvalue weighted by atomic mass is 16.5. The predicted molar refractivity (Wildman–Crippen MR) is 67.8 cm³/mol. The smallest absolute Gasteiger partial charge is 0.339 e. The van der Waals surface area contributed by atoms with E-state index in [0.29, 0.717) is 29.3 Å². The Hall–Kier alpha value is -2.50. The predicted octanol–water partition coefficient (Wildman–Crippen LogP) is 1.72. The second kappa shape index (κ2) is 5.90. The number of carbonyl (C=O) groups is 1. The molecule has 98 valence electrons. The van der Waals surface area contributed by atoms with Crippen molar-refractivity contribution in [3.63, 3.8) is 0 Å². The highest BCUT2D eigenvalue weighted by Crippen LogP contribution is 2.19. The van der Waals surface area contributed by atoms with Gasteiger partial charge in [-0.3, -0.25) is 4.98 Å². The summed E-state index contributed by atoms with van der Waals surface area (Å²) in [5.74, 6) is 0.0457. The van der Waals surface area contributed by atoms with Gasteiger partial charge in [0, 0.05) is 24.0 Å². The van der Waals surface area contributed by atoms with E-state index >= 15 is 0 Å². The zero-order chi connectivity index (χ0) is 13.7. The first kappa shape index (κ1) is 12.9. The number of rotatable bonds is 4. The first-order valence-corrected chi connectivity index (χ1v) is 5.73. The van der Waals surface area contributed by atoms with E-state index < -0.39 is 5.97 Å². The summed E-state index contributed by atoms with van der Waals surface area (Å²) in [7, 11) is 1.53. The number of methoxy groups -OCH3 is 1. The molecule has 0 spiro atoms. The van der Waals surface area contributed by atoms with Crippen LogP contribution in [-0.2, 0) is 4.74 Å². The van der Waals surface area contributed by atoms with Crippen LogP contribution in [0.4, 0.5) is 0 Å². The van der Waals surface area contributed by atoms with Crippen LogP contribution in [0.2, 0.25) is 0 Å². The Morgan fingerprint density at radius 1 is 1.26 bits per heavy atom. The Morgan fingerprint density at radius 2 is 2.11 bits per heavy atom. The average Bonchev–Trinajstić information content (AvgIpc) is 2.48. The zero-order valence-electron chi connectivity index (χ0n) is 10.7. The lowest BCUT2D eigenvalue weighted by molar-refractivity contribution is 0.0526. The summed E-state index contributed by atoms with van der Waals surface area (Å²) in [6, 6.07) is 3.35. The standard InChI is InChI=1S/C13H13N3O3/c1-3-19-13(17)10-4-9(6-14-7-10)11-5-12(18-2)16-8-15-11/h4-8H,3H2,1-2H3. The van der Waals surface area contributed by atoms with Crippen molar-refractivity contribution in [1.82, 2.24) is 15.0 Å². The highest BCUT2D eigenvalue weighted by Gasteiger charge is 2.09. The van der Waals surface area contributed by atoms with Gasteiger partial charge in [-0.2, -0.15) is 0 Å². The Balaban J connectivity index is 2.34. The van der Waals surface area contributed by atoms with Crippen LogP contribution >= 0.6 is 0 Å². The topological polar surface area (TPSA) is 74.2 Å². The van der Waals surface area contributed by atoms with Gasteiger partial charge in [-0.15, -0.1) is 0 Å². The quantitative estimate of drug-likeness (QED) is 0.778. The summed E-state index contributed by atoms with van der Waals surface area (Å²) in [4.78, 5) is 23.7. The van der Waals surface area contributed by atoms with Crippen molar-refractivity contribution in [2.24, 2.45) is 0 Å². The fourth-order valence-corrected chi connectivity index (χ4v) is 1.52. The molecule has 2 aromatic heterocycles. The summed E-state index contributed by atoms with van der Waals surface area (Å²) in [6.45, 7) is 2.08. The highest BCUT2D eigenvalue weighted by molar-refractivity contribution is 5.90. The average molecular weight is 259 g/mol. The summed E-state index contributed by atoms with van der Waals surface area (Å²) >= 11 is 0. The van der Waals surface area contributed by atoms with E-state index in [1.807, 2.05) is 0 Å². The molecule has 0 unspecified atom stereocenters. The van der Waals surface area contributed by atoms with Crippen molar-refractivity contribution in [2.45, 2.75) is 6.92 Å². The molecule has 0 fully saturated rings. The van der Waals surface area contributed by atoms with Crippen LogP contribution in [0.5, 0.6) is 5.88 Å². The van der Waals surface area contributed by atoms with Crippen LogP contribution in [0.25, 0.3) is 11.3 Å². The van der Waals surface area contributed by atoms with E-state index in [1.165, 1.54) is 19.6 Å². The lowest BCUT2D eigenvalue weighted by Crippen LogP contribution is -2.05. The van der Waals surface area contributed by atoms with Crippen LogP contribution in [0.15, 0.2) is 30.9 Å². The molecule has 0 saturated carbocycles. The maximum absolute atomic E-state index is 11.6. The second-order valence-electron chi connectivity index (χ2n) is 3.63. The van der Waals surface area contributed by atoms with E-state index in [1.54, 1.807) is 25.3 Å². The van der Waals surface area contributed by atoms with Crippen molar-refractivity contribution in [3.05, 3.63) is 36.4 Å².